The molecule has 0 aromatic heterocycles. The summed E-state index contributed by atoms with van der Waals surface area (Å²) in [7, 11) is -3.12. The number of ether oxygens (including phenoxy) is 1. The average Bonchev–Trinajstić information content (AvgIpc) is 2.50. The lowest BCUT2D eigenvalue weighted by atomic mass is 9.93. The van der Waals surface area contributed by atoms with Crippen molar-refractivity contribution in [1.82, 2.24) is 9.21 Å². The van der Waals surface area contributed by atoms with Crippen molar-refractivity contribution in [2.24, 2.45) is 5.73 Å². The predicted octanol–water partition coefficient (Wildman–Crippen LogP) is 1.02. The molecule has 0 aromatic rings. The van der Waals surface area contributed by atoms with Gasteiger partial charge in [0, 0.05) is 25.7 Å². The second kappa shape index (κ2) is 9.93. The molecule has 1 aliphatic carbocycles. The fraction of sp³-hybridized carbons (Fsp3) is 1.00. The van der Waals surface area contributed by atoms with Crippen LogP contribution in [0.2, 0.25) is 0 Å². The van der Waals surface area contributed by atoms with Crippen molar-refractivity contribution in [3.8, 4) is 0 Å². The summed E-state index contributed by atoms with van der Waals surface area (Å²) in [6.45, 7) is 5.81. The third kappa shape index (κ3) is 6.31. The Balaban J connectivity index is 1.78. The van der Waals surface area contributed by atoms with E-state index in [-0.39, 0.29) is 11.8 Å². The molecule has 0 unspecified atom stereocenters. The summed E-state index contributed by atoms with van der Waals surface area (Å²) in [5.74, 6) is 0.279. The minimum atomic E-state index is -3.12. The Labute approximate surface area is 141 Å². The zero-order valence-electron chi connectivity index (χ0n) is 14.3. The second-order valence-electron chi connectivity index (χ2n) is 6.67. The molecule has 0 spiro atoms. The Kier molecular flexibility index (Phi) is 8.26. The van der Waals surface area contributed by atoms with Crippen molar-refractivity contribution in [3.05, 3.63) is 0 Å². The summed E-state index contributed by atoms with van der Waals surface area (Å²) in [6, 6.07) is 0.249. The third-order valence-corrected chi connectivity index (χ3v) is 6.90. The standard InChI is InChI=1S/C16H33N3O3S/c17-8-2-1-3-15-23(20,21)19(16-6-4-7-16)10-5-9-18-11-13-22-14-12-18/h16H,1-15,17H2. The van der Waals surface area contributed by atoms with Gasteiger partial charge in [-0.05, 0) is 45.2 Å². The summed E-state index contributed by atoms with van der Waals surface area (Å²) >= 11 is 0. The first kappa shape index (κ1) is 19.1. The Hall–Kier alpha value is -0.210. The van der Waals surface area contributed by atoms with Crippen molar-refractivity contribution in [2.45, 2.75) is 51.0 Å². The lowest BCUT2D eigenvalue weighted by Gasteiger charge is -2.37. The van der Waals surface area contributed by atoms with Gasteiger partial charge < -0.3 is 10.5 Å². The summed E-state index contributed by atoms with van der Waals surface area (Å²) < 4.78 is 32.5. The quantitative estimate of drug-likeness (QED) is 0.565. The molecule has 0 aromatic carbocycles. The maximum absolute atomic E-state index is 12.7. The lowest BCUT2D eigenvalue weighted by Crippen LogP contribution is -2.46. The van der Waals surface area contributed by atoms with Gasteiger partial charge in [-0.15, -0.1) is 0 Å². The molecule has 7 heteroatoms. The maximum Gasteiger partial charge on any atom is 0.214 e. The summed E-state index contributed by atoms with van der Waals surface area (Å²) in [6.07, 6.45) is 6.68. The van der Waals surface area contributed by atoms with Gasteiger partial charge in [0.25, 0.3) is 0 Å². The van der Waals surface area contributed by atoms with E-state index in [9.17, 15) is 8.42 Å². The van der Waals surface area contributed by atoms with Gasteiger partial charge in [0.15, 0.2) is 0 Å². The molecule has 1 saturated heterocycles. The van der Waals surface area contributed by atoms with Crippen LogP contribution in [0.4, 0.5) is 0 Å². The molecule has 2 fully saturated rings. The Morgan fingerprint density at radius 1 is 1.09 bits per heavy atom. The molecule has 0 bridgehead atoms. The number of hydrogen-bond donors (Lipinski definition) is 1. The highest BCUT2D eigenvalue weighted by atomic mass is 32.2. The SMILES string of the molecule is NCCCCCS(=O)(=O)N(CCCN1CCOCC1)C1CCC1. The van der Waals surface area contributed by atoms with E-state index >= 15 is 0 Å². The highest BCUT2D eigenvalue weighted by Gasteiger charge is 2.33. The van der Waals surface area contributed by atoms with Crippen LogP contribution < -0.4 is 5.73 Å². The number of unbranched alkanes of at least 4 members (excludes halogenated alkanes) is 2. The molecular weight excluding hydrogens is 314 g/mol. The van der Waals surface area contributed by atoms with Gasteiger partial charge in [-0.25, -0.2) is 8.42 Å². The minimum absolute atomic E-state index is 0.249. The Bertz CT molecular complexity index is 420. The van der Waals surface area contributed by atoms with E-state index in [2.05, 4.69) is 4.90 Å². The molecule has 6 nitrogen and oxygen atoms in total. The van der Waals surface area contributed by atoms with Crippen LogP contribution in [0.25, 0.3) is 0 Å². The first-order valence-electron chi connectivity index (χ1n) is 9.13. The molecule has 2 N–H and O–H groups in total. The molecule has 2 aliphatic rings. The maximum atomic E-state index is 12.7. The highest BCUT2D eigenvalue weighted by Crippen LogP contribution is 2.28. The van der Waals surface area contributed by atoms with E-state index in [1.165, 1.54) is 0 Å². The topological polar surface area (TPSA) is 75.9 Å². The van der Waals surface area contributed by atoms with Crippen LogP contribution in [-0.4, -0.2) is 75.4 Å². The molecule has 0 radical (unpaired) electrons. The smallest absolute Gasteiger partial charge is 0.214 e. The molecule has 1 saturated carbocycles. The number of nitrogens with zero attached hydrogens (tertiary/aromatic N) is 2. The number of rotatable bonds is 11. The molecular formula is C16H33N3O3S. The van der Waals surface area contributed by atoms with E-state index in [1.807, 2.05) is 0 Å². The zero-order chi connectivity index (χ0) is 16.5. The van der Waals surface area contributed by atoms with Crippen LogP contribution in [-0.2, 0) is 14.8 Å². The van der Waals surface area contributed by atoms with Crippen molar-refractivity contribution in [1.29, 1.82) is 0 Å². The van der Waals surface area contributed by atoms with E-state index in [1.54, 1.807) is 4.31 Å². The van der Waals surface area contributed by atoms with E-state index < -0.39 is 10.0 Å². The van der Waals surface area contributed by atoms with Crippen LogP contribution in [0.15, 0.2) is 0 Å². The fourth-order valence-corrected chi connectivity index (χ4v) is 5.10. The van der Waals surface area contributed by atoms with E-state index in [0.29, 0.717) is 13.1 Å². The second-order valence-corrected chi connectivity index (χ2v) is 8.71. The lowest BCUT2D eigenvalue weighted by molar-refractivity contribution is 0.0363. The normalized spacial score (nSPS) is 20.8. The Morgan fingerprint density at radius 2 is 1.83 bits per heavy atom. The predicted molar refractivity (Wildman–Crippen MR) is 92.9 cm³/mol. The van der Waals surface area contributed by atoms with Gasteiger partial charge in [-0.1, -0.05) is 12.8 Å². The summed E-state index contributed by atoms with van der Waals surface area (Å²) in [5.41, 5.74) is 5.48. The fourth-order valence-electron chi connectivity index (χ4n) is 3.22. The molecule has 2 rings (SSSR count). The molecule has 0 atom stereocenters. The highest BCUT2D eigenvalue weighted by molar-refractivity contribution is 7.89. The minimum Gasteiger partial charge on any atom is -0.379 e. The molecule has 23 heavy (non-hydrogen) atoms. The van der Waals surface area contributed by atoms with Crippen LogP contribution in [0.5, 0.6) is 0 Å². The van der Waals surface area contributed by atoms with Gasteiger partial charge in [0.1, 0.15) is 0 Å². The average molecular weight is 348 g/mol. The monoisotopic (exact) mass is 347 g/mol. The van der Waals surface area contributed by atoms with Crippen LogP contribution in [0, 0.1) is 0 Å². The Morgan fingerprint density at radius 3 is 2.43 bits per heavy atom. The largest absolute Gasteiger partial charge is 0.379 e. The van der Waals surface area contributed by atoms with Crippen LogP contribution in [0.3, 0.4) is 0 Å². The van der Waals surface area contributed by atoms with Gasteiger partial charge in [0.2, 0.25) is 10.0 Å². The number of hydrogen-bond acceptors (Lipinski definition) is 5. The third-order valence-electron chi connectivity index (χ3n) is 4.90. The first-order chi connectivity index (χ1) is 11.1. The summed E-state index contributed by atoms with van der Waals surface area (Å²) in [4.78, 5) is 2.37. The van der Waals surface area contributed by atoms with Crippen molar-refractivity contribution < 1.29 is 13.2 Å². The van der Waals surface area contributed by atoms with Gasteiger partial charge in [0.05, 0.1) is 19.0 Å². The van der Waals surface area contributed by atoms with Crippen molar-refractivity contribution in [2.75, 3.05) is 51.7 Å². The molecule has 1 aliphatic heterocycles. The summed E-state index contributed by atoms with van der Waals surface area (Å²) in [5, 5.41) is 0. The molecule has 1 heterocycles. The number of sulfonamides is 1. The van der Waals surface area contributed by atoms with Crippen molar-refractivity contribution in [3.63, 3.8) is 0 Å². The molecule has 0 amide bonds. The number of nitrogens with two attached hydrogens (primary N) is 1. The van der Waals surface area contributed by atoms with E-state index in [4.69, 9.17) is 10.5 Å². The molecule has 136 valence electrons. The van der Waals surface area contributed by atoms with E-state index in [0.717, 1.165) is 77.8 Å². The van der Waals surface area contributed by atoms with Crippen molar-refractivity contribution >= 4 is 10.0 Å². The number of morpholine rings is 1. The first-order valence-corrected chi connectivity index (χ1v) is 10.7. The van der Waals surface area contributed by atoms with Crippen LogP contribution in [0.1, 0.15) is 44.9 Å². The van der Waals surface area contributed by atoms with Gasteiger partial charge >= 0.3 is 0 Å². The zero-order valence-corrected chi connectivity index (χ0v) is 15.1. The van der Waals surface area contributed by atoms with Gasteiger partial charge in [-0.3, -0.25) is 4.90 Å². The van der Waals surface area contributed by atoms with Crippen LogP contribution >= 0.6 is 0 Å². The van der Waals surface area contributed by atoms with Gasteiger partial charge in [-0.2, -0.15) is 4.31 Å².